The van der Waals surface area contributed by atoms with Crippen molar-refractivity contribution in [3.63, 3.8) is 0 Å². The Morgan fingerprint density at radius 3 is 2.41 bits per heavy atom. The standard InChI is InChI=1S/C28H26FNO3S/c1-18-3-8-22(9-4-18)28(13-14-28)17-33-27(32)21-7-12-24(19(2)15-21)30-25(31)16-34-26(30)20-5-10-23(29)11-6-20/h3-12,15,26H,13-14,16-17H2,1-2H3. The number of carbonyl (C=O) groups excluding carboxylic acids is 2. The van der Waals surface area contributed by atoms with Crippen molar-refractivity contribution >= 4 is 29.3 Å². The Bertz CT molecular complexity index is 1240. The monoisotopic (exact) mass is 475 g/mol. The molecule has 0 N–H and O–H groups in total. The van der Waals surface area contributed by atoms with Crippen LogP contribution in [0.4, 0.5) is 10.1 Å². The first-order valence-corrected chi connectivity index (χ1v) is 12.5. The van der Waals surface area contributed by atoms with Gasteiger partial charge in [0.2, 0.25) is 5.91 Å². The molecule has 34 heavy (non-hydrogen) atoms. The summed E-state index contributed by atoms with van der Waals surface area (Å²) in [6.45, 7) is 4.31. The molecule has 2 aliphatic rings. The van der Waals surface area contributed by atoms with E-state index in [0.717, 1.165) is 29.7 Å². The van der Waals surface area contributed by atoms with Gasteiger partial charge in [-0.2, -0.15) is 0 Å². The van der Waals surface area contributed by atoms with E-state index in [1.807, 2.05) is 6.92 Å². The van der Waals surface area contributed by atoms with Gasteiger partial charge in [-0.05, 0) is 73.7 Å². The molecule has 2 fully saturated rings. The summed E-state index contributed by atoms with van der Waals surface area (Å²) < 4.78 is 19.1. The molecule has 0 aromatic heterocycles. The number of amides is 1. The Balaban J connectivity index is 1.31. The van der Waals surface area contributed by atoms with E-state index in [-0.39, 0.29) is 28.5 Å². The van der Waals surface area contributed by atoms with Gasteiger partial charge in [-0.3, -0.25) is 9.69 Å². The Morgan fingerprint density at radius 1 is 1.06 bits per heavy atom. The second-order valence-electron chi connectivity index (χ2n) is 9.20. The first kappa shape index (κ1) is 22.7. The fourth-order valence-electron chi connectivity index (χ4n) is 4.47. The number of halogens is 1. The number of hydrogen-bond donors (Lipinski definition) is 0. The van der Waals surface area contributed by atoms with Crippen LogP contribution >= 0.6 is 11.8 Å². The highest BCUT2D eigenvalue weighted by Gasteiger charge is 2.45. The summed E-state index contributed by atoms with van der Waals surface area (Å²) in [5.41, 5.74) is 5.26. The van der Waals surface area contributed by atoms with E-state index in [1.165, 1.54) is 35.0 Å². The second-order valence-corrected chi connectivity index (χ2v) is 10.3. The van der Waals surface area contributed by atoms with E-state index >= 15 is 0 Å². The molecule has 0 bridgehead atoms. The fraction of sp³-hybridized carbons (Fsp3) is 0.286. The van der Waals surface area contributed by atoms with E-state index in [9.17, 15) is 14.0 Å². The molecule has 3 aromatic carbocycles. The Kier molecular flexibility index (Phi) is 5.94. The molecule has 6 heteroatoms. The molecule has 1 amide bonds. The lowest BCUT2D eigenvalue weighted by Crippen LogP contribution is -2.28. The maximum absolute atomic E-state index is 13.4. The first-order valence-electron chi connectivity index (χ1n) is 11.4. The quantitative estimate of drug-likeness (QED) is 0.404. The van der Waals surface area contributed by atoms with Crippen LogP contribution < -0.4 is 4.90 Å². The number of anilines is 1. The fourth-order valence-corrected chi connectivity index (χ4v) is 5.64. The smallest absolute Gasteiger partial charge is 0.338 e. The molecule has 1 heterocycles. The summed E-state index contributed by atoms with van der Waals surface area (Å²) >= 11 is 1.51. The molecule has 3 aromatic rings. The van der Waals surface area contributed by atoms with Gasteiger partial charge in [0.25, 0.3) is 0 Å². The van der Waals surface area contributed by atoms with Crippen molar-refractivity contribution in [3.05, 3.63) is 100 Å². The first-order chi connectivity index (χ1) is 16.4. The van der Waals surface area contributed by atoms with Crippen molar-refractivity contribution in [3.8, 4) is 0 Å². The zero-order valence-electron chi connectivity index (χ0n) is 19.2. The van der Waals surface area contributed by atoms with Crippen molar-refractivity contribution in [1.29, 1.82) is 0 Å². The van der Waals surface area contributed by atoms with Crippen molar-refractivity contribution in [2.24, 2.45) is 0 Å². The van der Waals surface area contributed by atoms with Crippen LogP contribution in [0.3, 0.4) is 0 Å². The van der Waals surface area contributed by atoms with Gasteiger partial charge in [0.15, 0.2) is 0 Å². The number of esters is 1. The summed E-state index contributed by atoms with van der Waals surface area (Å²) in [7, 11) is 0. The summed E-state index contributed by atoms with van der Waals surface area (Å²) in [6.07, 6.45) is 2.03. The van der Waals surface area contributed by atoms with Crippen molar-refractivity contribution in [2.75, 3.05) is 17.3 Å². The number of hydrogen-bond acceptors (Lipinski definition) is 4. The average Bonchev–Trinajstić information content (AvgIpc) is 3.53. The van der Waals surface area contributed by atoms with Crippen LogP contribution in [0.5, 0.6) is 0 Å². The highest BCUT2D eigenvalue weighted by molar-refractivity contribution is 8.00. The third-order valence-electron chi connectivity index (χ3n) is 6.71. The van der Waals surface area contributed by atoms with Crippen LogP contribution in [0.25, 0.3) is 0 Å². The number of rotatable bonds is 6. The lowest BCUT2D eigenvalue weighted by molar-refractivity contribution is -0.115. The van der Waals surface area contributed by atoms with Crippen LogP contribution in [0, 0.1) is 19.7 Å². The van der Waals surface area contributed by atoms with Crippen LogP contribution in [0.2, 0.25) is 0 Å². The van der Waals surface area contributed by atoms with Gasteiger partial charge in [-0.25, -0.2) is 9.18 Å². The summed E-state index contributed by atoms with van der Waals surface area (Å²) in [4.78, 5) is 27.3. The molecule has 5 rings (SSSR count). The molecule has 1 aliphatic heterocycles. The number of ether oxygens (including phenoxy) is 1. The van der Waals surface area contributed by atoms with Gasteiger partial charge in [0.1, 0.15) is 17.8 Å². The van der Waals surface area contributed by atoms with Crippen molar-refractivity contribution in [2.45, 2.75) is 37.5 Å². The molecule has 1 saturated heterocycles. The molecule has 0 radical (unpaired) electrons. The molecule has 1 saturated carbocycles. The van der Waals surface area contributed by atoms with E-state index < -0.39 is 0 Å². The van der Waals surface area contributed by atoms with Gasteiger partial charge in [0, 0.05) is 11.1 Å². The van der Waals surface area contributed by atoms with Gasteiger partial charge in [-0.15, -0.1) is 11.8 Å². The average molecular weight is 476 g/mol. The van der Waals surface area contributed by atoms with Crippen molar-refractivity contribution < 1.29 is 18.7 Å². The number of benzene rings is 3. The normalized spacial score (nSPS) is 18.7. The van der Waals surface area contributed by atoms with Gasteiger partial charge < -0.3 is 4.74 Å². The maximum Gasteiger partial charge on any atom is 0.338 e. The molecular formula is C28H26FNO3S. The SMILES string of the molecule is Cc1ccc(C2(COC(=O)c3ccc(N4C(=O)CSC4c4ccc(F)cc4)c(C)c3)CC2)cc1. The Hall–Kier alpha value is -3.12. The van der Waals surface area contributed by atoms with Crippen LogP contribution in [-0.2, 0) is 14.9 Å². The minimum absolute atomic E-state index is 0.00785. The highest BCUT2D eigenvalue weighted by atomic mass is 32.2. The minimum atomic E-state index is -0.356. The molecule has 1 aliphatic carbocycles. The molecule has 1 unspecified atom stereocenters. The molecular weight excluding hydrogens is 449 g/mol. The van der Waals surface area contributed by atoms with Crippen LogP contribution in [0.1, 0.15) is 50.8 Å². The summed E-state index contributed by atoms with van der Waals surface area (Å²) in [6, 6.07) is 20.0. The predicted molar refractivity (Wildman–Crippen MR) is 133 cm³/mol. The minimum Gasteiger partial charge on any atom is -0.461 e. The number of thioether (sulfide) groups is 1. The van der Waals surface area contributed by atoms with Gasteiger partial charge in [-0.1, -0.05) is 42.0 Å². The molecule has 0 spiro atoms. The number of carbonyl (C=O) groups is 2. The van der Waals surface area contributed by atoms with E-state index in [2.05, 4.69) is 31.2 Å². The zero-order chi connectivity index (χ0) is 23.9. The molecule has 4 nitrogen and oxygen atoms in total. The van der Waals surface area contributed by atoms with E-state index in [0.29, 0.717) is 17.9 Å². The lowest BCUT2D eigenvalue weighted by Gasteiger charge is -2.26. The Morgan fingerprint density at radius 2 is 1.76 bits per heavy atom. The van der Waals surface area contributed by atoms with Gasteiger partial charge in [0.05, 0.1) is 11.3 Å². The van der Waals surface area contributed by atoms with Crippen LogP contribution in [-0.4, -0.2) is 24.2 Å². The molecule has 1 atom stereocenters. The van der Waals surface area contributed by atoms with Crippen molar-refractivity contribution in [1.82, 2.24) is 0 Å². The summed E-state index contributed by atoms with van der Waals surface area (Å²) in [5.74, 6) is -0.317. The number of nitrogens with zero attached hydrogens (tertiary/aromatic N) is 1. The van der Waals surface area contributed by atoms with E-state index in [1.54, 1.807) is 35.2 Å². The largest absolute Gasteiger partial charge is 0.461 e. The van der Waals surface area contributed by atoms with Crippen LogP contribution in [0.15, 0.2) is 66.7 Å². The van der Waals surface area contributed by atoms with E-state index in [4.69, 9.17) is 4.74 Å². The number of aryl methyl sites for hydroxylation is 2. The third kappa shape index (κ3) is 4.34. The summed E-state index contributed by atoms with van der Waals surface area (Å²) in [5, 5.41) is -0.228. The highest BCUT2D eigenvalue weighted by Crippen LogP contribution is 2.48. The lowest BCUT2D eigenvalue weighted by atomic mass is 9.96. The topological polar surface area (TPSA) is 46.6 Å². The van der Waals surface area contributed by atoms with Gasteiger partial charge >= 0.3 is 5.97 Å². The Labute approximate surface area is 203 Å². The molecule has 174 valence electrons. The zero-order valence-corrected chi connectivity index (χ0v) is 20.0. The second kappa shape index (κ2) is 8.91. The maximum atomic E-state index is 13.4. The third-order valence-corrected chi connectivity index (χ3v) is 7.92. The predicted octanol–water partition coefficient (Wildman–Crippen LogP) is 6.11.